The fourth-order valence-electron chi connectivity index (χ4n) is 0. The zero-order chi connectivity index (χ0) is 6.28. The van der Waals surface area contributed by atoms with Gasteiger partial charge < -0.3 is 10.5 Å². The molecule has 0 unspecified atom stereocenters. The summed E-state index contributed by atoms with van der Waals surface area (Å²) < 4.78 is 8.42. The molecule has 0 aromatic carbocycles. The second-order valence-electron chi connectivity index (χ2n) is 0.531. The Kier molecular flexibility index (Phi) is 14.2. The Bertz CT molecular complexity index is 73.3. The summed E-state index contributed by atoms with van der Waals surface area (Å²) in [5, 5.41) is 0. The molecule has 36 valence electrons. The maximum atomic E-state index is 9.30. The van der Waals surface area contributed by atoms with E-state index in [1.807, 2.05) is 0 Å². The zero-order valence-corrected chi connectivity index (χ0v) is 7.58. The van der Waals surface area contributed by atoms with Crippen molar-refractivity contribution in [2.45, 2.75) is 0 Å². The molecule has 0 saturated carbocycles. The van der Waals surface area contributed by atoms with Crippen molar-refractivity contribution in [2.75, 3.05) is 0 Å². The van der Waals surface area contributed by atoms with Gasteiger partial charge in [0, 0.05) is 0 Å². The monoisotopic (exact) mass is 317 g/mol. The van der Waals surface area contributed by atoms with Crippen LogP contribution in [-0.2, 0) is 5.96 Å². The third-order valence-corrected chi connectivity index (χ3v) is 0.151. The Morgan fingerprint density at radius 1 is 1.71 bits per heavy atom. The van der Waals surface area contributed by atoms with Crippen LogP contribution < -0.4 is 0 Å². The van der Waals surface area contributed by atoms with Crippen LogP contribution in [0.2, 0.25) is 0 Å². The Hall–Kier alpha value is 0.335. The minimum atomic E-state index is -0.843. The number of hydrogen-bond donors (Lipinski definition) is 0. The van der Waals surface area contributed by atoms with Crippen LogP contribution in [0.5, 0.6) is 0 Å². The van der Waals surface area contributed by atoms with Gasteiger partial charge in [-0.05, 0) is 0 Å². The Balaban J connectivity index is 0. The molecular weight excluding hydrogens is 314 g/mol. The van der Waals surface area contributed by atoms with Crippen LogP contribution in [0.1, 0.15) is 0 Å². The first kappa shape index (κ1) is 10.3. The first-order valence-corrected chi connectivity index (χ1v) is 2.96. The topological polar surface area (TPSA) is 57.9 Å². The predicted octanol–water partition coefficient (Wildman–Crippen LogP) is 0.436. The van der Waals surface area contributed by atoms with Crippen molar-refractivity contribution in [3.63, 3.8) is 0 Å². The van der Waals surface area contributed by atoms with E-state index in [1.54, 1.807) is 0 Å². The molecule has 0 radical (unpaired) electrons. The van der Waals surface area contributed by atoms with Crippen LogP contribution in [0.4, 0.5) is 0 Å². The first-order valence-electron chi connectivity index (χ1n) is 1.28. The van der Waals surface area contributed by atoms with Crippen molar-refractivity contribution >= 4 is 5.91 Å². The molecule has 1 N–H and O–H groups in total. The van der Waals surface area contributed by atoms with Crippen LogP contribution in [-0.4, -0.2) is 5.91 Å². The van der Waals surface area contributed by atoms with Crippen molar-refractivity contribution in [1.29, 1.82) is 0 Å². The second-order valence-corrected chi connectivity index (χ2v) is 0.531. The van der Waals surface area contributed by atoms with Crippen molar-refractivity contribution in [3.8, 4) is 0 Å². The van der Waals surface area contributed by atoms with Gasteiger partial charge in [-0.15, -0.1) is 5.91 Å². The summed E-state index contributed by atoms with van der Waals surface area (Å²) >= 11 is -0.0918. The molecule has 0 atom stereocenters. The van der Waals surface area contributed by atoms with Gasteiger partial charge in [-0.25, -0.2) is 6.08 Å². The van der Waals surface area contributed by atoms with Gasteiger partial charge in [-0.3, -0.25) is 6.58 Å². The van der Waals surface area contributed by atoms with E-state index in [0.717, 1.165) is 0 Å². The Labute approximate surface area is 67.7 Å². The number of hydrogen-bond acceptors (Lipinski definition) is 2. The summed E-state index contributed by atoms with van der Waals surface area (Å²) in [5.74, 6) is -0.843. The molecule has 7 heavy (non-hydrogen) atoms. The van der Waals surface area contributed by atoms with Gasteiger partial charge in [0.15, 0.2) is 0 Å². The summed E-state index contributed by atoms with van der Waals surface area (Å²) in [6, 6.07) is 0. The van der Waals surface area contributed by atoms with E-state index in [4.69, 9.17) is 6.90 Å². The van der Waals surface area contributed by atoms with Gasteiger partial charge in [0.05, 0.1) is 0 Å². The zero-order valence-electron chi connectivity index (χ0n) is 3.47. The number of nitrogens with one attached hydrogen (secondary N) is 1. The van der Waals surface area contributed by atoms with Gasteiger partial charge in [-0.1, -0.05) is 0 Å². The SMILES string of the molecule is [CH-]=CC([NH-])=O.[O]=[Th+2]. The predicted molar refractivity (Wildman–Crippen MR) is 18.9 cm³/mol. The van der Waals surface area contributed by atoms with Crippen LogP contribution in [0.25, 0.3) is 5.73 Å². The first-order chi connectivity index (χ1) is 3.27. The summed E-state index contributed by atoms with van der Waals surface area (Å²) in [7, 11) is 0. The fraction of sp³-hybridized carbons (Fsp3) is 0. The molecule has 0 aliphatic carbocycles. The summed E-state index contributed by atoms with van der Waals surface area (Å²) in [6.07, 6.45) is 0.694. The number of amides is 1. The summed E-state index contributed by atoms with van der Waals surface area (Å²) in [4.78, 5) is 9.30. The molecule has 0 fully saturated rings. The quantitative estimate of drug-likeness (QED) is 0.520. The van der Waals surface area contributed by atoms with Crippen LogP contribution >= 0.6 is 0 Å². The molecule has 0 saturated heterocycles. The van der Waals surface area contributed by atoms with Gasteiger partial charge in [0.1, 0.15) is 0 Å². The molecule has 4 heteroatoms. The van der Waals surface area contributed by atoms with Gasteiger partial charge in [0.25, 0.3) is 0 Å². The molecule has 0 rings (SSSR count). The Morgan fingerprint density at radius 3 is 1.86 bits per heavy atom. The van der Waals surface area contributed by atoms with Crippen LogP contribution in [0.3, 0.4) is 0 Å². The molecule has 1 amide bonds. The van der Waals surface area contributed by atoms with Crippen molar-refractivity contribution < 1.29 is 44.0 Å². The molecule has 0 heterocycles. The normalized spacial score (nSPS) is 5.43. The molecule has 0 aromatic heterocycles. The van der Waals surface area contributed by atoms with E-state index in [9.17, 15) is 4.79 Å². The van der Waals surface area contributed by atoms with E-state index >= 15 is 0 Å². The van der Waals surface area contributed by atoms with Crippen molar-refractivity contribution in [2.24, 2.45) is 0 Å². The molecular formula is C3H3NO2Th. The van der Waals surface area contributed by atoms with Crippen molar-refractivity contribution in [3.05, 3.63) is 18.4 Å². The van der Waals surface area contributed by atoms with Crippen LogP contribution in [0.15, 0.2) is 6.08 Å². The average Bonchev–Trinajstić information content (AvgIpc) is 1.73. The fourth-order valence-corrected chi connectivity index (χ4v) is 0. The van der Waals surface area contributed by atoms with E-state index < -0.39 is 5.91 Å². The van der Waals surface area contributed by atoms with Gasteiger partial charge in [-0.2, -0.15) is 0 Å². The maximum absolute atomic E-state index is 9.30. The van der Waals surface area contributed by atoms with Gasteiger partial charge >= 0.3 is 39.2 Å². The number of carbonyl (C=O) groups excluding carboxylic acids is 1. The average molecular weight is 317 g/mol. The van der Waals surface area contributed by atoms with E-state index in [-0.39, 0.29) is 38.0 Å². The molecule has 0 aliphatic heterocycles. The molecule has 0 spiro atoms. The second kappa shape index (κ2) is 9.59. The number of rotatable bonds is 1. The van der Waals surface area contributed by atoms with Crippen molar-refractivity contribution in [1.82, 2.24) is 0 Å². The van der Waals surface area contributed by atoms with Gasteiger partial charge in [0.2, 0.25) is 0 Å². The molecule has 0 bridgehead atoms. The van der Waals surface area contributed by atoms with Crippen LogP contribution in [0, 0.1) is 44.6 Å². The number of carbonyl (C=O) groups is 1. The molecule has 3 nitrogen and oxygen atoms in total. The summed E-state index contributed by atoms with van der Waals surface area (Å²) in [5.41, 5.74) is 6.01. The van der Waals surface area contributed by atoms with E-state index in [0.29, 0.717) is 6.08 Å². The van der Waals surface area contributed by atoms with E-state index in [1.165, 1.54) is 0 Å². The molecule has 0 aliphatic rings. The third kappa shape index (κ3) is 21.8. The van der Waals surface area contributed by atoms with E-state index in [2.05, 4.69) is 6.58 Å². The third-order valence-electron chi connectivity index (χ3n) is 0.151. The molecule has 0 aromatic rings. The minimum absolute atomic E-state index is 0.0918. The standard InChI is InChI=1S/C3H4NO.O.Th/c1-2-3(4)5;;/h1-2H,(H2,4,5);;/q-1;;+2/p-1. The summed E-state index contributed by atoms with van der Waals surface area (Å²) in [6.45, 7) is 4.51. The Morgan fingerprint density at radius 2 is 1.86 bits per heavy atom.